The number of aryl methyl sites for hydroxylation is 1. The van der Waals surface area contributed by atoms with Crippen LogP contribution in [-0.4, -0.2) is 14.8 Å². The van der Waals surface area contributed by atoms with Crippen molar-refractivity contribution in [3.05, 3.63) is 38.8 Å². The van der Waals surface area contributed by atoms with Crippen molar-refractivity contribution < 1.29 is 0 Å². The highest BCUT2D eigenvalue weighted by molar-refractivity contribution is 9.10. The highest BCUT2D eigenvalue weighted by Gasteiger charge is 2.11. The molecular weight excluding hydrogens is 301 g/mol. The average Bonchev–Trinajstić information content (AvgIpc) is 2.48. The molecule has 0 aliphatic heterocycles. The van der Waals surface area contributed by atoms with Gasteiger partial charge < -0.3 is 0 Å². The monoisotopic (exact) mass is 305 g/mol. The summed E-state index contributed by atoms with van der Waals surface area (Å²) in [6.07, 6.45) is 0. The molecule has 0 aliphatic rings. The zero-order valence-electron chi connectivity index (χ0n) is 7.71. The van der Waals surface area contributed by atoms with Crippen molar-refractivity contribution in [2.45, 2.75) is 6.92 Å². The molecule has 0 saturated carbocycles. The second-order valence-electron chi connectivity index (χ2n) is 2.95. The minimum absolute atomic E-state index is 0.303. The van der Waals surface area contributed by atoms with Crippen LogP contribution in [0, 0.1) is 6.92 Å². The molecule has 1 aromatic carbocycles. The Hall–Kier alpha value is -0.580. The summed E-state index contributed by atoms with van der Waals surface area (Å²) >= 11 is 15.3. The molecule has 0 spiro atoms. The van der Waals surface area contributed by atoms with Gasteiger partial charge in [0.25, 0.3) is 0 Å². The van der Waals surface area contributed by atoms with Gasteiger partial charge in [0.05, 0.1) is 10.7 Å². The topological polar surface area (TPSA) is 30.7 Å². The van der Waals surface area contributed by atoms with Gasteiger partial charge >= 0.3 is 0 Å². The molecule has 1 aromatic heterocycles. The van der Waals surface area contributed by atoms with Crippen LogP contribution in [0.15, 0.2) is 22.7 Å². The second kappa shape index (κ2) is 4.12. The molecule has 0 fully saturated rings. The molecule has 2 aromatic rings. The van der Waals surface area contributed by atoms with Gasteiger partial charge in [0.2, 0.25) is 5.28 Å². The van der Waals surface area contributed by atoms with Gasteiger partial charge in [0.1, 0.15) is 5.82 Å². The van der Waals surface area contributed by atoms with E-state index in [9.17, 15) is 0 Å². The number of hydrogen-bond donors (Lipinski definition) is 0. The Morgan fingerprint density at radius 1 is 1.27 bits per heavy atom. The number of nitrogens with zero attached hydrogens (tertiary/aromatic N) is 3. The van der Waals surface area contributed by atoms with E-state index in [4.69, 9.17) is 23.2 Å². The lowest BCUT2D eigenvalue weighted by molar-refractivity contribution is 0.969. The van der Waals surface area contributed by atoms with Crippen LogP contribution < -0.4 is 0 Å². The summed E-state index contributed by atoms with van der Waals surface area (Å²) in [6.45, 7) is 1.82. The molecule has 0 bridgehead atoms. The van der Waals surface area contributed by atoms with E-state index in [1.807, 2.05) is 19.1 Å². The van der Waals surface area contributed by atoms with E-state index in [2.05, 4.69) is 26.1 Å². The maximum atomic E-state index is 6.10. The SMILES string of the molecule is Cc1nnc(Cl)n1-c1ccc(Br)cc1Cl. The standard InChI is InChI=1S/C9H6BrCl2N3/c1-5-13-14-9(12)15(5)8-3-2-6(10)4-7(8)11/h2-4H,1H3. The van der Waals surface area contributed by atoms with E-state index < -0.39 is 0 Å². The first-order valence-corrected chi connectivity index (χ1v) is 5.67. The Balaban J connectivity index is 2.64. The van der Waals surface area contributed by atoms with Gasteiger partial charge in [-0.2, -0.15) is 0 Å². The quantitative estimate of drug-likeness (QED) is 0.805. The van der Waals surface area contributed by atoms with Crippen molar-refractivity contribution in [2.24, 2.45) is 0 Å². The van der Waals surface area contributed by atoms with E-state index in [0.29, 0.717) is 16.1 Å². The molecule has 6 heteroatoms. The number of halogens is 3. The normalized spacial score (nSPS) is 10.7. The predicted octanol–water partition coefficient (Wildman–Crippen LogP) is 3.65. The van der Waals surface area contributed by atoms with Crippen LogP contribution in [0.25, 0.3) is 5.69 Å². The van der Waals surface area contributed by atoms with Crippen molar-refractivity contribution >= 4 is 39.1 Å². The van der Waals surface area contributed by atoms with Gasteiger partial charge in [-0.3, -0.25) is 4.57 Å². The number of hydrogen-bond acceptors (Lipinski definition) is 2. The number of rotatable bonds is 1. The van der Waals surface area contributed by atoms with Crippen LogP contribution in [0.4, 0.5) is 0 Å². The van der Waals surface area contributed by atoms with E-state index in [-0.39, 0.29) is 0 Å². The minimum atomic E-state index is 0.303. The molecule has 15 heavy (non-hydrogen) atoms. The Labute approximate surface area is 105 Å². The smallest absolute Gasteiger partial charge is 0.229 e. The molecule has 0 amide bonds. The first-order valence-electron chi connectivity index (χ1n) is 4.12. The van der Waals surface area contributed by atoms with Crippen molar-refractivity contribution in [1.82, 2.24) is 14.8 Å². The third kappa shape index (κ3) is 2.02. The van der Waals surface area contributed by atoms with Crippen LogP contribution in [-0.2, 0) is 0 Å². The summed E-state index contributed by atoms with van der Waals surface area (Å²) in [4.78, 5) is 0. The summed E-state index contributed by atoms with van der Waals surface area (Å²) in [6, 6.07) is 5.54. The van der Waals surface area contributed by atoms with E-state index in [1.54, 1.807) is 10.6 Å². The van der Waals surface area contributed by atoms with Crippen LogP contribution in [0.1, 0.15) is 5.82 Å². The lowest BCUT2D eigenvalue weighted by Gasteiger charge is -2.07. The van der Waals surface area contributed by atoms with Gasteiger partial charge in [-0.1, -0.05) is 27.5 Å². The Morgan fingerprint density at radius 2 is 2.00 bits per heavy atom. The fraction of sp³-hybridized carbons (Fsp3) is 0.111. The predicted molar refractivity (Wildman–Crippen MR) is 63.8 cm³/mol. The van der Waals surface area contributed by atoms with E-state index in [0.717, 1.165) is 10.2 Å². The molecule has 3 nitrogen and oxygen atoms in total. The van der Waals surface area contributed by atoms with Gasteiger partial charge in [-0.25, -0.2) is 0 Å². The molecule has 0 radical (unpaired) electrons. The number of aromatic nitrogens is 3. The van der Waals surface area contributed by atoms with Gasteiger partial charge in [-0.05, 0) is 36.7 Å². The third-order valence-electron chi connectivity index (χ3n) is 1.94. The number of benzene rings is 1. The molecule has 1 heterocycles. The van der Waals surface area contributed by atoms with Crippen molar-refractivity contribution in [3.8, 4) is 5.69 Å². The fourth-order valence-electron chi connectivity index (χ4n) is 1.27. The minimum Gasteiger partial charge on any atom is -0.268 e. The van der Waals surface area contributed by atoms with Gasteiger partial charge in [0.15, 0.2) is 0 Å². The van der Waals surface area contributed by atoms with Crippen molar-refractivity contribution in [2.75, 3.05) is 0 Å². The molecule has 78 valence electrons. The van der Waals surface area contributed by atoms with E-state index in [1.165, 1.54) is 0 Å². The summed E-state index contributed by atoms with van der Waals surface area (Å²) in [5, 5.41) is 8.53. The molecule has 0 atom stereocenters. The Morgan fingerprint density at radius 3 is 2.53 bits per heavy atom. The van der Waals surface area contributed by atoms with E-state index >= 15 is 0 Å². The lowest BCUT2D eigenvalue weighted by Crippen LogP contribution is -1.97. The maximum Gasteiger partial charge on any atom is 0.229 e. The van der Waals surface area contributed by atoms with Crippen LogP contribution in [0.2, 0.25) is 10.3 Å². The summed E-state index contributed by atoms with van der Waals surface area (Å²) in [5.41, 5.74) is 0.771. The third-order valence-corrected chi connectivity index (χ3v) is 2.98. The summed E-state index contributed by atoms with van der Waals surface area (Å²) in [7, 11) is 0. The van der Waals surface area contributed by atoms with Gasteiger partial charge in [-0.15, -0.1) is 10.2 Å². The highest BCUT2D eigenvalue weighted by atomic mass is 79.9. The van der Waals surface area contributed by atoms with Crippen LogP contribution in [0.3, 0.4) is 0 Å². The molecule has 2 rings (SSSR count). The van der Waals surface area contributed by atoms with Gasteiger partial charge in [0, 0.05) is 4.47 Å². The first-order chi connectivity index (χ1) is 7.09. The Kier molecular flexibility index (Phi) is 3.00. The van der Waals surface area contributed by atoms with Crippen molar-refractivity contribution in [1.29, 1.82) is 0 Å². The van der Waals surface area contributed by atoms with Crippen LogP contribution in [0.5, 0.6) is 0 Å². The zero-order valence-corrected chi connectivity index (χ0v) is 10.8. The second-order valence-corrected chi connectivity index (χ2v) is 4.61. The highest BCUT2D eigenvalue weighted by Crippen LogP contribution is 2.27. The van der Waals surface area contributed by atoms with Crippen molar-refractivity contribution in [3.63, 3.8) is 0 Å². The average molecular weight is 307 g/mol. The molecule has 0 saturated heterocycles. The summed E-state index contributed by atoms with van der Waals surface area (Å²) in [5.74, 6) is 0.698. The molecule has 0 unspecified atom stereocenters. The Bertz CT molecular complexity index is 491. The largest absolute Gasteiger partial charge is 0.268 e. The maximum absolute atomic E-state index is 6.10. The first kappa shape index (κ1) is 10.9. The molecular formula is C9H6BrCl2N3. The van der Waals surface area contributed by atoms with Crippen LogP contribution >= 0.6 is 39.1 Å². The lowest BCUT2D eigenvalue weighted by atomic mass is 10.3. The molecule has 0 aliphatic carbocycles. The fourth-order valence-corrected chi connectivity index (χ4v) is 2.28. The molecule has 0 N–H and O–H groups in total. The summed E-state index contributed by atoms with van der Waals surface area (Å²) < 4.78 is 2.61. The zero-order chi connectivity index (χ0) is 11.0.